The van der Waals surface area contributed by atoms with Gasteiger partial charge in [0.1, 0.15) is 0 Å². The van der Waals surface area contributed by atoms with Crippen LogP contribution in [0.25, 0.3) is 0 Å². The van der Waals surface area contributed by atoms with Crippen LogP contribution in [0.2, 0.25) is 0 Å². The summed E-state index contributed by atoms with van der Waals surface area (Å²) in [7, 11) is 0. The zero-order valence-electron chi connectivity index (χ0n) is 6.81. The van der Waals surface area contributed by atoms with Crippen LogP contribution in [0.1, 0.15) is 5.56 Å². The standard InChI is InChI=1S/C10H11NS/c1-2-4-9(5-3-1)6-10-7-12-8-11-10/h1-5,8,10H,6-7H2. The number of thioether (sulfide) groups is 1. The van der Waals surface area contributed by atoms with Gasteiger partial charge >= 0.3 is 0 Å². The molecule has 0 fully saturated rings. The van der Waals surface area contributed by atoms with Crippen LogP contribution in [-0.2, 0) is 6.42 Å². The molecule has 2 heteroatoms. The first kappa shape index (κ1) is 7.87. The molecule has 0 amide bonds. The molecule has 0 N–H and O–H groups in total. The summed E-state index contributed by atoms with van der Waals surface area (Å²) in [6.45, 7) is 0. The Morgan fingerprint density at radius 1 is 1.33 bits per heavy atom. The van der Waals surface area contributed by atoms with Gasteiger partial charge in [-0.05, 0) is 12.0 Å². The number of nitrogens with zero attached hydrogens (tertiary/aromatic N) is 1. The maximum absolute atomic E-state index is 4.37. The van der Waals surface area contributed by atoms with Crippen molar-refractivity contribution in [1.82, 2.24) is 0 Å². The first-order valence-corrected chi connectivity index (χ1v) is 5.17. The number of rotatable bonds is 2. The lowest BCUT2D eigenvalue weighted by molar-refractivity contribution is 0.764. The van der Waals surface area contributed by atoms with Gasteiger partial charge in [0.05, 0.1) is 11.6 Å². The number of benzene rings is 1. The van der Waals surface area contributed by atoms with E-state index in [1.165, 1.54) is 5.56 Å². The highest BCUT2D eigenvalue weighted by Crippen LogP contribution is 2.15. The molecule has 0 aliphatic carbocycles. The van der Waals surface area contributed by atoms with Crippen molar-refractivity contribution in [2.24, 2.45) is 4.99 Å². The second-order valence-corrected chi connectivity index (χ2v) is 3.81. The molecule has 2 rings (SSSR count). The molecule has 12 heavy (non-hydrogen) atoms. The van der Waals surface area contributed by atoms with Gasteiger partial charge in [-0.3, -0.25) is 4.99 Å². The minimum atomic E-state index is 0.511. The Balaban J connectivity index is 1.99. The average molecular weight is 177 g/mol. The monoisotopic (exact) mass is 177 g/mol. The third-order valence-electron chi connectivity index (χ3n) is 1.95. The van der Waals surface area contributed by atoms with E-state index in [2.05, 4.69) is 35.3 Å². The molecule has 0 aromatic heterocycles. The Morgan fingerprint density at radius 2 is 2.17 bits per heavy atom. The molecular weight excluding hydrogens is 166 g/mol. The van der Waals surface area contributed by atoms with Crippen LogP contribution in [0, 0.1) is 0 Å². The second kappa shape index (κ2) is 3.76. The van der Waals surface area contributed by atoms with Crippen LogP contribution in [0.15, 0.2) is 35.3 Å². The van der Waals surface area contributed by atoms with E-state index in [9.17, 15) is 0 Å². The fourth-order valence-electron chi connectivity index (χ4n) is 1.32. The number of hydrogen-bond donors (Lipinski definition) is 0. The molecule has 0 bridgehead atoms. The van der Waals surface area contributed by atoms with Crippen molar-refractivity contribution in [3.05, 3.63) is 35.9 Å². The van der Waals surface area contributed by atoms with Crippen LogP contribution in [-0.4, -0.2) is 17.3 Å². The molecule has 1 nitrogen and oxygen atoms in total. The van der Waals surface area contributed by atoms with E-state index in [0.29, 0.717) is 6.04 Å². The molecule has 0 spiro atoms. The van der Waals surface area contributed by atoms with Crippen molar-refractivity contribution < 1.29 is 0 Å². The lowest BCUT2D eigenvalue weighted by atomic mass is 10.1. The zero-order valence-corrected chi connectivity index (χ0v) is 7.63. The van der Waals surface area contributed by atoms with Crippen molar-refractivity contribution in [2.75, 3.05) is 5.75 Å². The Labute approximate surface area is 76.9 Å². The van der Waals surface area contributed by atoms with Crippen LogP contribution in [0.4, 0.5) is 0 Å². The molecule has 0 saturated heterocycles. The van der Waals surface area contributed by atoms with Crippen LogP contribution in [0.5, 0.6) is 0 Å². The van der Waals surface area contributed by atoms with Crippen molar-refractivity contribution in [3.8, 4) is 0 Å². The summed E-state index contributed by atoms with van der Waals surface area (Å²) in [6, 6.07) is 11.1. The highest BCUT2D eigenvalue weighted by molar-refractivity contribution is 8.12. The Bertz CT molecular complexity index is 268. The molecule has 1 atom stereocenters. The highest BCUT2D eigenvalue weighted by atomic mass is 32.2. The first-order valence-electron chi connectivity index (χ1n) is 4.12. The third-order valence-corrected chi connectivity index (χ3v) is 2.80. The number of aliphatic imine (C=N–C) groups is 1. The molecule has 1 unspecified atom stereocenters. The molecule has 1 aliphatic rings. The summed E-state index contributed by atoms with van der Waals surface area (Å²) in [5.41, 5.74) is 3.36. The predicted octanol–water partition coefficient (Wildman–Crippen LogP) is 2.37. The maximum atomic E-state index is 4.37. The van der Waals surface area contributed by atoms with Gasteiger partial charge in [0, 0.05) is 5.75 Å². The predicted molar refractivity (Wildman–Crippen MR) is 54.9 cm³/mol. The average Bonchev–Trinajstić information content (AvgIpc) is 2.59. The van der Waals surface area contributed by atoms with E-state index >= 15 is 0 Å². The Hall–Kier alpha value is -0.760. The molecule has 0 radical (unpaired) electrons. The van der Waals surface area contributed by atoms with E-state index < -0.39 is 0 Å². The lowest BCUT2D eigenvalue weighted by Gasteiger charge is -2.04. The van der Waals surface area contributed by atoms with Gasteiger partial charge in [0.2, 0.25) is 0 Å². The lowest BCUT2D eigenvalue weighted by Crippen LogP contribution is -2.07. The van der Waals surface area contributed by atoms with E-state index in [0.717, 1.165) is 12.2 Å². The number of hydrogen-bond acceptors (Lipinski definition) is 2. The van der Waals surface area contributed by atoms with Gasteiger partial charge in [-0.15, -0.1) is 11.8 Å². The molecule has 1 aromatic carbocycles. The molecule has 0 saturated carbocycles. The minimum Gasteiger partial charge on any atom is -0.282 e. The Kier molecular flexibility index (Phi) is 2.47. The van der Waals surface area contributed by atoms with Gasteiger partial charge in [0.25, 0.3) is 0 Å². The van der Waals surface area contributed by atoms with Crippen LogP contribution < -0.4 is 0 Å². The van der Waals surface area contributed by atoms with Crippen LogP contribution in [0.3, 0.4) is 0 Å². The first-order chi connectivity index (χ1) is 5.95. The second-order valence-electron chi connectivity index (χ2n) is 2.93. The molecule has 1 aromatic rings. The molecule has 62 valence electrons. The summed E-state index contributed by atoms with van der Waals surface area (Å²) in [4.78, 5) is 4.37. The summed E-state index contributed by atoms with van der Waals surface area (Å²) in [5, 5.41) is 0. The smallest absolute Gasteiger partial charge is 0.0640 e. The summed E-state index contributed by atoms with van der Waals surface area (Å²) in [5.74, 6) is 1.15. The van der Waals surface area contributed by atoms with Gasteiger partial charge in [-0.2, -0.15) is 0 Å². The van der Waals surface area contributed by atoms with E-state index in [-0.39, 0.29) is 0 Å². The van der Waals surface area contributed by atoms with Crippen molar-refractivity contribution in [1.29, 1.82) is 0 Å². The Morgan fingerprint density at radius 3 is 2.83 bits per heavy atom. The third kappa shape index (κ3) is 1.89. The fraction of sp³-hybridized carbons (Fsp3) is 0.300. The highest BCUT2D eigenvalue weighted by Gasteiger charge is 2.10. The minimum absolute atomic E-state index is 0.511. The summed E-state index contributed by atoms with van der Waals surface area (Å²) < 4.78 is 0. The largest absolute Gasteiger partial charge is 0.282 e. The van der Waals surface area contributed by atoms with Gasteiger partial charge in [-0.1, -0.05) is 30.3 Å². The topological polar surface area (TPSA) is 12.4 Å². The fourth-order valence-corrected chi connectivity index (χ4v) is 2.09. The van der Waals surface area contributed by atoms with Crippen molar-refractivity contribution in [3.63, 3.8) is 0 Å². The van der Waals surface area contributed by atoms with E-state index in [1.54, 1.807) is 0 Å². The quantitative estimate of drug-likeness (QED) is 0.675. The zero-order chi connectivity index (χ0) is 8.23. The van der Waals surface area contributed by atoms with Gasteiger partial charge in [0.15, 0.2) is 0 Å². The van der Waals surface area contributed by atoms with Crippen molar-refractivity contribution in [2.45, 2.75) is 12.5 Å². The van der Waals surface area contributed by atoms with Crippen LogP contribution >= 0.6 is 11.8 Å². The van der Waals surface area contributed by atoms with Gasteiger partial charge < -0.3 is 0 Å². The summed E-state index contributed by atoms with van der Waals surface area (Å²) >= 11 is 1.81. The molecule has 1 aliphatic heterocycles. The van der Waals surface area contributed by atoms with E-state index in [4.69, 9.17) is 0 Å². The maximum Gasteiger partial charge on any atom is 0.0640 e. The van der Waals surface area contributed by atoms with E-state index in [1.807, 2.05) is 17.3 Å². The van der Waals surface area contributed by atoms with Crippen molar-refractivity contribution >= 4 is 17.3 Å². The summed E-state index contributed by atoms with van der Waals surface area (Å²) in [6.07, 6.45) is 1.09. The van der Waals surface area contributed by atoms with Gasteiger partial charge in [-0.25, -0.2) is 0 Å². The normalized spacial score (nSPS) is 21.5. The molecule has 1 heterocycles. The molecular formula is C10H11NS. The SMILES string of the molecule is C1=NC(Cc2ccccc2)CS1.